The van der Waals surface area contributed by atoms with Gasteiger partial charge in [0.2, 0.25) is 0 Å². The van der Waals surface area contributed by atoms with Crippen molar-refractivity contribution in [3.05, 3.63) is 30.1 Å². The fourth-order valence-electron chi connectivity index (χ4n) is 1.76. The second-order valence-corrected chi connectivity index (χ2v) is 7.35. The lowest BCUT2D eigenvalue weighted by Gasteiger charge is -2.10. The van der Waals surface area contributed by atoms with Gasteiger partial charge in [0.15, 0.2) is 9.84 Å². The monoisotopic (exact) mass is 322 g/mol. The molecule has 1 saturated heterocycles. The van der Waals surface area contributed by atoms with Gasteiger partial charge in [-0.05, 0) is 30.7 Å². The van der Waals surface area contributed by atoms with Crippen LogP contribution < -0.4 is 0 Å². The van der Waals surface area contributed by atoms with E-state index in [1.807, 2.05) is 0 Å². The topological polar surface area (TPSA) is 43.4 Å². The molecule has 1 aromatic carbocycles. The van der Waals surface area contributed by atoms with Crippen LogP contribution in [0.4, 0.5) is 4.39 Å². The van der Waals surface area contributed by atoms with Gasteiger partial charge in [0.05, 0.1) is 23.4 Å². The number of ether oxygens (including phenoxy) is 1. The molecule has 6 heteroatoms. The normalized spacial score (nSPS) is 25.1. The lowest BCUT2D eigenvalue weighted by atomic mass is 10.3. The molecule has 0 saturated carbocycles. The number of benzene rings is 1. The van der Waals surface area contributed by atoms with E-state index in [2.05, 4.69) is 15.9 Å². The maximum atomic E-state index is 12.7. The number of rotatable bonds is 3. The van der Waals surface area contributed by atoms with E-state index in [1.54, 1.807) is 0 Å². The molecule has 0 unspecified atom stereocenters. The minimum atomic E-state index is -3.40. The SMILES string of the molecule is O=S(=O)(C[C@H]1C[C@@H](Br)CO1)c1ccc(F)cc1. The van der Waals surface area contributed by atoms with E-state index >= 15 is 0 Å². The van der Waals surface area contributed by atoms with Crippen LogP contribution in [0.1, 0.15) is 6.42 Å². The van der Waals surface area contributed by atoms with Gasteiger partial charge in [0.25, 0.3) is 0 Å². The van der Waals surface area contributed by atoms with E-state index in [0.717, 1.165) is 12.1 Å². The molecule has 1 fully saturated rings. The van der Waals surface area contributed by atoms with Gasteiger partial charge in [-0.15, -0.1) is 0 Å². The molecule has 0 N–H and O–H groups in total. The van der Waals surface area contributed by atoms with Crippen molar-refractivity contribution in [2.75, 3.05) is 12.4 Å². The Morgan fingerprint density at radius 1 is 1.35 bits per heavy atom. The molecule has 0 radical (unpaired) electrons. The maximum Gasteiger partial charge on any atom is 0.180 e. The Hall–Kier alpha value is -0.460. The molecule has 0 amide bonds. The molecule has 94 valence electrons. The minimum absolute atomic E-state index is 0.0548. The van der Waals surface area contributed by atoms with E-state index < -0.39 is 15.7 Å². The molecule has 1 aliphatic heterocycles. The quantitative estimate of drug-likeness (QED) is 0.632. The fraction of sp³-hybridized carbons (Fsp3) is 0.455. The Morgan fingerprint density at radius 2 is 2.00 bits per heavy atom. The number of hydrogen-bond donors (Lipinski definition) is 0. The van der Waals surface area contributed by atoms with Crippen LogP contribution in [0.15, 0.2) is 29.2 Å². The summed E-state index contributed by atoms with van der Waals surface area (Å²) >= 11 is 3.38. The summed E-state index contributed by atoms with van der Waals surface area (Å²) in [6.07, 6.45) is 0.398. The first-order valence-corrected chi connectivity index (χ1v) is 7.78. The standard InChI is InChI=1S/C11H12BrFO3S/c12-8-5-10(16-6-8)7-17(14,15)11-3-1-9(13)2-4-11/h1-4,8,10H,5-7H2/t8-,10-/m1/s1. The van der Waals surface area contributed by atoms with Crippen LogP contribution in [0.3, 0.4) is 0 Å². The summed E-state index contributed by atoms with van der Waals surface area (Å²) in [6, 6.07) is 4.86. The summed E-state index contributed by atoms with van der Waals surface area (Å²) in [5.74, 6) is -0.498. The van der Waals surface area contributed by atoms with E-state index in [9.17, 15) is 12.8 Å². The maximum absolute atomic E-state index is 12.7. The van der Waals surface area contributed by atoms with E-state index in [-0.39, 0.29) is 21.6 Å². The summed E-state index contributed by atoms with van der Waals surface area (Å²) in [4.78, 5) is 0.358. The first kappa shape index (κ1) is 13.0. The Bertz CT molecular complexity index is 486. The molecule has 0 aromatic heterocycles. The van der Waals surface area contributed by atoms with Gasteiger partial charge in [0.1, 0.15) is 5.82 Å². The van der Waals surface area contributed by atoms with Crippen LogP contribution in [0, 0.1) is 5.82 Å². The third kappa shape index (κ3) is 3.26. The van der Waals surface area contributed by atoms with Crippen molar-refractivity contribution in [3.8, 4) is 0 Å². The Balaban J connectivity index is 2.11. The van der Waals surface area contributed by atoms with E-state index in [0.29, 0.717) is 13.0 Å². The molecule has 17 heavy (non-hydrogen) atoms. The van der Waals surface area contributed by atoms with Crippen molar-refractivity contribution in [3.63, 3.8) is 0 Å². The van der Waals surface area contributed by atoms with Crippen LogP contribution >= 0.6 is 15.9 Å². The molecule has 1 aromatic rings. The molecule has 0 aliphatic carbocycles. The van der Waals surface area contributed by atoms with Crippen molar-refractivity contribution < 1.29 is 17.5 Å². The summed E-state index contributed by atoms with van der Waals surface area (Å²) in [5.41, 5.74) is 0. The van der Waals surface area contributed by atoms with Gasteiger partial charge in [0, 0.05) is 4.83 Å². The molecule has 3 nitrogen and oxygen atoms in total. The van der Waals surface area contributed by atoms with Gasteiger partial charge in [-0.3, -0.25) is 0 Å². The number of alkyl halides is 1. The zero-order valence-corrected chi connectivity index (χ0v) is 11.4. The Labute approximate surface area is 108 Å². The smallest absolute Gasteiger partial charge is 0.180 e. The summed E-state index contributed by atoms with van der Waals surface area (Å²) in [5, 5.41) is 0. The average Bonchev–Trinajstić information content (AvgIpc) is 2.63. The van der Waals surface area contributed by atoms with Crippen LogP contribution in [0.2, 0.25) is 0 Å². The number of hydrogen-bond acceptors (Lipinski definition) is 3. The second-order valence-electron chi connectivity index (χ2n) is 4.02. The van der Waals surface area contributed by atoms with Gasteiger partial charge in [-0.2, -0.15) is 0 Å². The summed E-state index contributed by atoms with van der Waals surface area (Å²) in [7, 11) is -3.40. The highest BCUT2D eigenvalue weighted by Gasteiger charge is 2.28. The molecule has 0 spiro atoms. The van der Waals surface area contributed by atoms with Gasteiger partial charge in [-0.1, -0.05) is 15.9 Å². The first-order valence-electron chi connectivity index (χ1n) is 5.21. The second kappa shape index (κ2) is 5.04. The fourth-order valence-corrected chi connectivity index (χ4v) is 3.80. The molecule has 0 bridgehead atoms. The molecular weight excluding hydrogens is 311 g/mol. The van der Waals surface area contributed by atoms with Crippen LogP contribution in [0.5, 0.6) is 0 Å². The van der Waals surface area contributed by atoms with E-state index in [1.165, 1.54) is 12.1 Å². The highest BCUT2D eigenvalue weighted by molar-refractivity contribution is 9.09. The zero-order chi connectivity index (χ0) is 12.5. The Morgan fingerprint density at radius 3 is 2.53 bits per heavy atom. The van der Waals surface area contributed by atoms with Crippen LogP contribution in [-0.4, -0.2) is 31.7 Å². The summed E-state index contributed by atoms with van der Waals surface area (Å²) < 4.78 is 42.0. The van der Waals surface area contributed by atoms with Gasteiger partial charge >= 0.3 is 0 Å². The number of sulfone groups is 1. The highest BCUT2D eigenvalue weighted by atomic mass is 79.9. The van der Waals surface area contributed by atoms with Gasteiger partial charge in [-0.25, -0.2) is 12.8 Å². The largest absolute Gasteiger partial charge is 0.376 e. The van der Waals surface area contributed by atoms with Crippen LogP contribution in [0.25, 0.3) is 0 Å². The lowest BCUT2D eigenvalue weighted by Crippen LogP contribution is -2.20. The van der Waals surface area contributed by atoms with Crippen molar-refractivity contribution >= 4 is 25.8 Å². The van der Waals surface area contributed by atoms with E-state index in [4.69, 9.17) is 4.74 Å². The Kier molecular flexibility index (Phi) is 3.85. The summed E-state index contributed by atoms with van der Waals surface area (Å²) in [6.45, 7) is 0.531. The molecule has 1 heterocycles. The third-order valence-corrected chi connectivity index (χ3v) is 5.05. The van der Waals surface area contributed by atoms with Gasteiger partial charge < -0.3 is 4.74 Å². The predicted octanol–water partition coefficient (Wildman–Crippen LogP) is 2.15. The molecule has 2 atom stereocenters. The predicted molar refractivity (Wildman–Crippen MR) is 65.5 cm³/mol. The third-order valence-electron chi connectivity index (χ3n) is 2.61. The molecular formula is C11H12BrFO3S. The van der Waals surface area contributed by atoms with Crippen LogP contribution in [-0.2, 0) is 14.6 Å². The average molecular weight is 323 g/mol. The zero-order valence-electron chi connectivity index (χ0n) is 8.97. The van der Waals surface area contributed by atoms with Crippen molar-refractivity contribution in [2.45, 2.75) is 22.2 Å². The number of halogens is 2. The minimum Gasteiger partial charge on any atom is -0.376 e. The van der Waals surface area contributed by atoms with Crippen molar-refractivity contribution in [1.29, 1.82) is 0 Å². The lowest BCUT2D eigenvalue weighted by molar-refractivity contribution is 0.128. The van der Waals surface area contributed by atoms with Crippen molar-refractivity contribution in [1.82, 2.24) is 0 Å². The van der Waals surface area contributed by atoms with Crippen molar-refractivity contribution in [2.24, 2.45) is 0 Å². The molecule has 2 rings (SSSR count). The molecule has 1 aliphatic rings. The first-order chi connectivity index (χ1) is 7.97. The highest BCUT2D eigenvalue weighted by Crippen LogP contribution is 2.23.